The van der Waals surface area contributed by atoms with Crippen LogP contribution in [-0.2, 0) is 0 Å². The minimum Gasteiger partial charge on any atom is -0.398 e. The molecule has 1 rings (SSSR count). The average molecular weight is 263 g/mol. The Kier molecular flexibility index (Phi) is 4.23. The van der Waals surface area contributed by atoms with Crippen molar-refractivity contribution >= 4 is 11.6 Å². The Balaban J connectivity index is 2.84. The number of aromatic nitrogens is 1. The Morgan fingerprint density at radius 2 is 1.89 bits per heavy atom. The number of nitrogens with two attached hydrogens (primary N) is 1. The highest BCUT2D eigenvalue weighted by atomic mass is 16.1. The third kappa shape index (κ3) is 4.89. The monoisotopic (exact) mass is 263 g/mol. The van der Waals surface area contributed by atoms with E-state index in [2.05, 4.69) is 31.1 Å². The number of carbonyl (C=O) groups excluding carboxylic acids is 1. The van der Waals surface area contributed by atoms with Crippen molar-refractivity contribution in [1.82, 2.24) is 10.3 Å². The van der Waals surface area contributed by atoms with Gasteiger partial charge in [0.15, 0.2) is 0 Å². The largest absolute Gasteiger partial charge is 0.398 e. The lowest BCUT2D eigenvalue weighted by Gasteiger charge is -2.33. The fraction of sp³-hybridized carbons (Fsp3) is 0.600. The highest BCUT2D eigenvalue weighted by Crippen LogP contribution is 2.27. The van der Waals surface area contributed by atoms with Gasteiger partial charge in [-0.05, 0) is 38.7 Å². The molecule has 1 aromatic heterocycles. The molecule has 0 radical (unpaired) electrons. The quantitative estimate of drug-likeness (QED) is 0.881. The summed E-state index contributed by atoms with van der Waals surface area (Å²) in [4.78, 5) is 16.4. The summed E-state index contributed by atoms with van der Waals surface area (Å²) in [5.41, 5.74) is 7.44. The van der Waals surface area contributed by atoms with E-state index in [9.17, 15) is 4.79 Å². The van der Waals surface area contributed by atoms with Crippen LogP contribution in [0, 0.1) is 12.3 Å². The number of rotatable bonds is 3. The third-order valence-electron chi connectivity index (χ3n) is 2.74. The van der Waals surface area contributed by atoms with E-state index in [0.717, 1.165) is 12.1 Å². The maximum absolute atomic E-state index is 12.2. The molecule has 4 nitrogen and oxygen atoms in total. The highest BCUT2D eigenvalue weighted by molar-refractivity contribution is 5.99. The molecule has 0 atom stereocenters. The van der Waals surface area contributed by atoms with Crippen LogP contribution >= 0.6 is 0 Å². The summed E-state index contributed by atoms with van der Waals surface area (Å²) in [7, 11) is 0. The normalized spacial score (nSPS) is 12.3. The van der Waals surface area contributed by atoms with Gasteiger partial charge in [0.25, 0.3) is 5.91 Å². The van der Waals surface area contributed by atoms with Crippen LogP contribution in [0.15, 0.2) is 12.3 Å². The molecule has 0 saturated heterocycles. The van der Waals surface area contributed by atoms with Crippen LogP contribution in [0.5, 0.6) is 0 Å². The van der Waals surface area contributed by atoms with Crippen LogP contribution in [0.2, 0.25) is 0 Å². The fourth-order valence-corrected chi connectivity index (χ4v) is 2.52. The molecule has 0 fully saturated rings. The molecule has 4 heteroatoms. The Morgan fingerprint density at radius 3 is 2.37 bits per heavy atom. The van der Waals surface area contributed by atoms with Gasteiger partial charge in [-0.1, -0.05) is 20.8 Å². The van der Waals surface area contributed by atoms with Crippen molar-refractivity contribution in [3.05, 3.63) is 23.5 Å². The van der Waals surface area contributed by atoms with Gasteiger partial charge in [0.05, 0.1) is 5.56 Å². The van der Waals surface area contributed by atoms with Crippen LogP contribution in [0.25, 0.3) is 0 Å². The zero-order chi connectivity index (χ0) is 14.8. The molecule has 0 unspecified atom stereocenters. The standard InChI is InChI=1S/C15H25N3O/c1-10-7-12(16)11(8-17-10)13(19)18-15(5,6)9-14(2,3)4/h7-8H,9H2,1-6H3,(H2,16,17)(H,18,19). The molecule has 3 N–H and O–H groups in total. The molecule has 0 aliphatic carbocycles. The first-order valence-electron chi connectivity index (χ1n) is 6.55. The number of nitrogens with one attached hydrogen (secondary N) is 1. The molecule has 0 spiro atoms. The topological polar surface area (TPSA) is 68.0 Å². The van der Waals surface area contributed by atoms with E-state index in [1.807, 2.05) is 20.8 Å². The summed E-state index contributed by atoms with van der Waals surface area (Å²) >= 11 is 0. The molecule has 0 bridgehead atoms. The predicted molar refractivity (Wildman–Crippen MR) is 79.0 cm³/mol. The number of aryl methyl sites for hydroxylation is 1. The summed E-state index contributed by atoms with van der Waals surface area (Å²) in [6.45, 7) is 12.4. The van der Waals surface area contributed by atoms with E-state index in [0.29, 0.717) is 11.3 Å². The molecule has 0 aromatic carbocycles. The van der Waals surface area contributed by atoms with Gasteiger partial charge in [0, 0.05) is 23.1 Å². The van der Waals surface area contributed by atoms with E-state index in [-0.39, 0.29) is 16.9 Å². The third-order valence-corrected chi connectivity index (χ3v) is 2.74. The lowest BCUT2D eigenvalue weighted by molar-refractivity contribution is 0.0892. The molecule has 19 heavy (non-hydrogen) atoms. The Bertz CT molecular complexity index is 473. The SMILES string of the molecule is Cc1cc(N)c(C(=O)NC(C)(C)CC(C)(C)C)cn1. The maximum Gasteiger partial charge on any atom is 0.255 e. The summed E-state index contributed by atoms with van der Waals surface area (Å²) in [6.07, 6.45) is 2.41. The summed E-state index contributed by atoms with van der Waals surface area (Å²) in [5, 5.41) is 3.03. The maximum atomic E-state index is 12.2. The molecule has 0 aliphatic heterocycles. The van der Waals surface area contributed by atoms with Crippen LogP contribution in [0.1, 0.15) is 57.1 Å². The van der Waals surface area contributed by atoms with Crippen LogP contribution in [0.3, 0.4) is 0 Å². The molecule has 0 aliphatic rings. The van der Waals surface area contributed by atoms with E-state index in [1.165, 1.54) is 6.20 Å². The first kappa shape index (κ1) is 15.5. The second-order valence-corrected chi connectivity index (χ2v) is 6.99. The smallest absolute Gasteiger partial charge is 0.255 e. The van der Waals surface area contributed by atoms with Gasteiger partial charge < -0.3 is 11.1 Å². The van der Waals surface area contributed by atoms with E-state index in [1.54, 1.807) is 6.07 Å². The second-order valence-electron chi connectivity index (χ2n) is 6.99. The van der Waals surface area contributed by atoms with Crippen molar-refractivity contribution in [2.75, 3.05) is 5.73 Å². The number of pyridine rings is 1. The van der Waals surface area contributed by atoms with Crippen molar-refractivity contribution in [1.29, 1.82) is 0 Å². The van der Waals surface area contributed by atoms with Gasteiger partial charge in [-0.2, -0.15) is 0 Å². The number of carbonyl (C=O) groups is 1. The fourth-order valence-electron chi connectivity index (χ4n) is 2.52. The van der Waals surface area contributed by atoms with Gasteiger partial charge in [-0.25, -0.2) is 0 Å². The average Bonchev–Trinajstić information content (AvgIpc) is 2.11. The number of hydrogen-bond acceptors (Lipinski definition) is 3. The molecule has 1 amide bonds. The van der Waals surface area contributed by atoms with Crippen molar-refractivity contribution in [2.45, 2.75) is 53.5 Å². The van der Waals surface area contributed by atoms with Crippen LogP contribution in [0.4, 0.5) is 5.69 Å². The zero-order valence-corrected chi connectivity index (χ0v) is 12.8. The summed E-state index contributed by atoms with van der Waals surface area (Å²) in [6, 6.07) is 1.71. The van der Waals surface area contributed by atoms with Crippen molar-refractivity contribution in [3.63, 3.8) is 0 Å². The number of nitrogens with zero attached hydrogens (tertiary/aromatic N) is 1. The lowest BCUT2D eigenvalue weighted by Crippen LogP contribution is -2.46. The van der Waals surface area contributed by atoms with Crippen molar-refractivity contribution in [2.24, 2.45) is 5.41 Å². The van der Waals surface area contributed by atoms with Gasteiger partial charge in [-0.15, -0.1) is 0 Å². The Morgan fingerprint density at radius 1 is 1.32 bits per heavy atom. The van der Waals surface area contributed by atoms with Gasteiger partial charge >= 0.3 is 0 Å². The minimum absolute atomic E-state index is 0.147. The Hall–Kier alpha value is -1.58. The number of anilines is 1. The van der Waals surface area contributed by atoms with E-state index in [4.69, 9.17) is 5.73 Å². The number of nitrogen functional groups attached to an aromatic ring is 1. The molecule has 1 heterocycles. The molecule has 106 valence electrons. The predicted octanol–water partition coefficient (Wildman–Crippen LogP) is 2.92. The first-order chi connectivity index (χ1) is 8.50. The zero-order valence-electron chi connectivity index (χ0n) is 12.8. The highest BCUT2D eigenvalue weighted by Gasteiger charge is 2.27. The first-order valence-corrected chi connectivity index (χ1v) is 6.55. The number of hydrogen-bond donors (Lipinski definition) is 2. The van der Waals surface area contributed by atoms with Gasteiger partial charge in [0.1, 0.15) is 0 Å². The molecule has 0 saturated carbocycles. The number of amides is 1. The van der Waals surface area contributed by atoms with E-state index < -0.39 is 0 Å². The van der Waals surface area contributed by atoms with Gasteiger partial charge in [0.2, 0.25) is 0 Å². The van der Waals surface area contributed by atoms with E-state index >= 15 is 0 Å². The van der Waals surface area contributed by atoms with Crippen molar-refractivity contribution < 1.29 is 4.79 Å². The molecular weight excluding hydrogens is 238 g/mol. The van der Waals surface area contributed by atoms with Crippen LogP contribution in [-0.4, -0.2) is 16.4 Å². The van der Waals surface area contributed by atoms with Crippen molar-refractivity contribution in [3.8, 4) is 0 Å². The lowest BCUT2D eigenvalue weighted by atomic mass is 9.81. The van der Waals surface area contributed by atoms with Gasteiger partial charge in [-0.3, -0.25) is 9.78 Å². The second kappa shape index (κ2) is 5.19. The van der Waals surface area contributed by atoms with Crippen LogP contribution < -0.4 is 11.1 Å². The molecule has 1 aromatic rings. The summed E-state index contributed by atoms with van der Waals surface area (Å²) < 4.78 is 0. The minimum atomic E-state index is -0.285. The Labute approximate surface area is 115 Å². The molecular formula is C15H25N3O. The summed E-state index contributed by atoms with van der Waals surface area (Å²) in [5.74, 6) is -0.167.